The Hall–Kier alpha value is -4.61. The lowest BCUT2D eigenvalue weighted by Crippen LogP contribution is -2.58. The van der Waals surface area contributed by atoms with Crippen LogP contribution in [-0.4, -0.2) is 94.5 Å². The fourth-order valence-electron chi connectivity index (χ4n) is 7.31. The first-order chi connectivity index (χ1) is 23.8. The number of amides is 5. The number of fused-ring (bicyclic) bond motifs is 1. The number of anilines is 1. The van der Waals surface area contributed by atoms with E-state index in [0.29, 0.717) is 18.7 Å². The molecule has 3 aliphatic rings. The average molecular weight is 690 g/mol. The van der Waals surface area contributed by atoms with Gasteiger partial charge in [-0.05, 0) is 70.6 Å². The van der Waals surface area contributed by atoms with Gasteiger partial charge >= 0.3 is 12.2 Å². The van der Waals surface area contributed by atoms with Crippen molar-refractivity contribution in [3.8, 4) is 0 Å². The van der Waals surface area contributed by atoms with Gasteiger partial charge in [-0.25, -0.2) is 9.59 Å². The summed E-state index contributed by atoms with van der Waals surface area (Å²) in [5.41, 5.74) is 0.724. The van der Waals surface area contributed by atoms with Crippen molar-refractivity contribution in [2.45, 2.75) is 103 Å². The van der Waals surface area contributed by atoms with E-state index in [4.69, 9.17) is 9.47 Å². The first-order valence-corrected chi connectivity index (χ1v) is 17.7. The maximum Gasteiger partial charge on any atom is 0.410 e. The summed E-state index contributed by atoms with van der Waals surface area (Å²) >= 11 is 0. The quantitative estimate of drug-likeness (QED) is 0.370. The molecule has 2 aromatic carbocycles. The minimum atomic E-state index is -0.902. The molecule has 2 aromatic rings. The smallest absolute Gasteiger partial charge is 0.410 e. The summed E-state index contributed by atoms with van der Waals surface area (Å²) in [6.45, 7) is 7.36. The molecule has 2 saturated heterocycles. The first kappa shape index (κ1) is 36.7. The number of ether oxygens (including phenoxy) is 2. The molecule has 1 saturated carbocycles. The van der Waals surface area contributed by atoms with Crippen LogP contribution in [0.25, 0.3) is 0 Å². The van der Waals surface area contributed by atoms with Gasteiger partial charge in [-0.2, -0.15) is 0 Å². The summed E-state index contributed by atoms with van der Waals surface area (Å²) in [7, 11) is 1.50. The molecule has 2 aliphatic heterocycles. The molecule has 2 N–H and O–H groups in total. The molecular formula is C38H51N5O7. The third kappa shape index (κ3) is 8.75. The number of hydrogen-bond acceptors (Lipinski definition) is 7. The molecule has 5 rings (SSSR count). The predicted octanol–water partition coefficient (Wildman–Crippen LogP) is 5.18. The maximum absolute atomic E-state index is 14.7. The van der Waals surface area contributed by atoms with Crippen molar-refractivity contribution in [2.24, 2.45) is 11.8 Å². The average Bonchev–Trinajstić information content (AvgIpc) is 3.70. The van der Waals surface area contributed by atoms with Crippen LogP contribution in [0.3, 0.4) is 0 Å². The summed E-state index contributed by atoms with van der Waals surface area (Å²) in [5.74, 6) is -1.87. The zero-order valence-electron chi connectivity index (χ0n) is 29.8. The Morgan fingerprint density at radius 3 is 2.18 bits per heavy atom. The highest BCUT2D eigenvalue weighted by Crippen LogP contribution is 2.38. The highest BCUT2D eigenvalue weighted by Gasteiger charge is 2.55. The van der Waals surface area contributed by atoms with Crippen molar-refractivity contribution < 1.29 is 33.4 Å². The summed E-state index contributed by atoms with van der Waals surface area (Å²) in [4.78, 5) is 73.1. The summed E-state index contributed by atoms with van der Waals surface area (Å²) in [5, 5.41) is 5.99. The van der Waals surface area contributed by atoms with Crippen molar-refractivity contribution >= 4 is 35.6 Å². The standard InChI is InChI=1S/C38H51N5O7/c1-25(41(5)36(47)50-38(2,3)4)33(44)40-31(27-17-11-7-12-18-27)35(46)42-22-21-30-32(42)29(34(45)39-28-19-13-8-14-20-28)23-43(30)37(48)49-24-26-15-9-6-10-16-26/h6,8-10,13-16,19-20,25,27,29-32H,7,11-12,17-18,21-24H2,1-5H3,(H,39,45)(H,40,44). The van der Waals surface area contributed by atoms with Crippen LogP contribution in [0.5, 0.6) is 0 Å². The molecule has 5 atom stereocenters. The predicted molar refractivity (Wildman–Crippen MR) is 188 cm³/mol. The van der Waals surface area contributed by atoms with Crippen molar-refractivity contribution in [2.75, 3.05) is 25.5 Å². The molecule has 0 radical (unpaired) electrons. The number of para-hydroxylation sites is 1. The molecule has 270 valence electrons. The topological polar surface area (TPSA) is 138 Å². The highest BCUT2D eigenvalue weighted by molar-refractivity contribution is 5.96. The molecule has 5 unspecified atom stereocenters. The van der Waals surface area contributed by atoms with E-state index < -0.39 is 53.8 Å². The minimum absolute atomic E-state index is 0.0861. The second-order valence-electron chi connectivity index (χ2n) is 14.7. The van der Waals surface area contributed by atoms with Crippen LogP contribution in [-0.2, 0) is 30.5 Å². The van der Waals surface area contributed by atoms with Gasteiger partial charge in [0.15, 0.2) is 0 Å². The van der Waals surface area contributed by atoms with Crippen molar-refractivity contribution in [3.63, 3.8) is 0 Å². The molecule has 1 aliphatic carbocycles. The van der Waals surface area contributed by atoms with Gasteiger partial charge in [-0.1, -0.05) is 67.8 Å². The van der Waals surface area contributed by atoms with Crippen LogP contribution in [0, 0.1) is 11.8 Å². The molecule has 0 bridgehead atoms. The van der Waals surface area contributed by atoms with Crippen LogP contribution >= 0.6 is 0 Å². The largest absolute Gasteiger partial charge is 0.445 e. The van der Waals surface area contributed by atoms with Crippen LogP contribution < -0.4 is 10.6 Å². The van der Waals surface area contributed by atoms with Gasteiger partial charge < -0.3 is 29.9 Å². The number of hydrogen-bond donors (Lipinski definition) is 2. The number of likely N-dealkylation sites (tertiary alicyclic amines) is 2. The number of likely N-dealkylation sites (N-methyl/N-ethyl adjacent to an activating group) is 1. The van der Waals surface area contributed by atoms with E-state index in [-0.39, 0.29) is 30.9 Å². The fourth-order valence-corrected chi connectivity index (χ4v) is 7.31. The van der Waals surface area contributed by atoms with Crippen LogP contribution in [0.2, 0.25) is 0 Å². The van der Waals surface area contributed by atoms with E-state index in [1.54, 1.807) is 49.6 Å². The fraction of sp³-hybridized carbons (Fsp3) is 0.553. The Morgan fingerprint density at radius 1 is 0.900 bits per heavy atom. The number of rotatable bonds is 9. The molecule has 3 fully saturated rings. The van der Waals surface area contributed by atoms with Crippen LogP contribution in [0.1, 0.15) is 71.8 Å². The van der Waals surface area contributed by atoms with Gasteiger partial charge in [0.25, 0.3) is 0 Å². The summed E-state index contributed by atoms with van der Waals surface area (Å²) < 4.78 is 11.2. The van der Waals surface area contributed by atoms with Crippen LogP contribution in [0.4, 0.5) is 15.3 Å². The molecule has 0 spiro atoms. The van der Waals surface area contributed by atoms with Crippen LogP contribution in [0.15, 0.2) is 60.7 Å². The number of carbonyl (C=O) groups excluding carboxylic acids is 5. The van der Waals surface area contributed by atoms with Gasteiger partial charge in [-0.3, -0.25) is 19.3 Å². The lowest BCUT2D eigenvalue weighted by Gasteiger charge is -2.37. The molecule has 12 nitrogen and oxygen atoms in total. The molecular weight excluding hydrogens is 638 g/mol. The Balaban J connectivity index is 1.38. The number of nitrogens with zero attached hydrogens (tertiary/aromatic N) is 3. The van der Waals surface area contributed by atoms with Crippen molar-refractivity contribution in [1.82, 2.24) is 20.0 Å². The zero-order valence-corrected chi connectivity index (χ0v) is 29.8. The van der Waals surface area contributed by atoms with Gasteiger partial charge in [0.2, 0.25) is 17.7 Å². The Labute approximate surface area is 294 Å². The maximum atomic E-state index is 14.7. The normalized spacial score (nSPS) is 21.8. The summed E-state index contributed by atoms with van der Waals surface area (Å²) in [6, 6.07) is 15.7. The highest BCUT2D eigenvalue weighted by atomic mass is 16.6. The van der Waals surface area contributed by atoms with Gasteiger partial charge in [0.1, 0.15) is 24.3 Å². The van der Waals surface area contributed by atoms with E-state index in [1.807, 2.05) is 48.5 Å². The minimum Gasteiger partial charge on any atom is -0.445 e. The Morgan fingerprint density at radius 2 is 1.54 bits per heavy atom. The second kappa shape index (κ2) is 15.9. The van der Waals surface area contributed by atoms with E-state index in [1.165, 1.54) is 11.9 Å². The second-order valence-corrected chi connectivity index (χ2v) is 14.7. The third-order valence-electron chi connectivity index (χ3n) is 10.1. The molecule has 0 aromatic heterocycles. The molecule has 50 heavy (non-hydrogen) atoms. The van der Waals surface area contributed by atoms with Crippen molar-refractivity contribution in [3.05, 3.63) is 66.2 Å². The number of carbonyl (C=O) groups is 5. The molecule has 2 heterocycles. The summed E-state index contributed by atoms with van der Waals surface area (Å²) in [6.07, 6.45) is 3.76. The monoisotopic (exact) mass is 689 g/mol. The van der Waals surface area contributed by atoms with E-state index in [9.17, 15) is 24.0 Å². The SMILES string of the molecule is CC(C(=O)NC(C(=O)N1CCC2C1C(C(=O)Nc1ccccc1)CN2C(=O)OCc1ccccc1)C1CCCCC1)N(C)C(=O)OC(C)(C)C. The van der Waals surface area contributed by atoms with E-state index >= 15 is 0 Å². The first-order valence-electron chi connectivity index (χ1n) is 17.7. The molecule has 12 heteroatoms. The van der Waals surface area contributed by atoms with E-state index in [2.05, 4.69) is 10.6 Å². The Kier molecular flexibility index (Phi) is 11.7. The van der Waals surface area contributed by atoms with Gasteiger partial charge in [-0.15, -0.1) is 0 Å². The van der Waals surface area contributed by atoms with Crippen molar-refractivity contribution in [1.29, 1.82) is 0 Å². The van der Waals surface area contributed by atoms with Gasteiger partial charge in [0.05, 0.1) is 18.0 Å². The Bertz CT molecular complexity index is 1510. The zero-order chi connectivity index (χ0) is 36.0. The third-order valence-corrected chi connectivity index (χ3v) is 10.1. The van der Waals surface area contributed by atoms with E-state index in [0.717, 1.165) is 37.7 Å². The molecule has 5 amide bonds. The lowest BCUT2D eigenvalue weighted by atomic mass is 9.83. The number of benzene rings is 2. The lowest BCUT2D eigenvalue weighted by molar-refractivity contribution is -0.141. The van der Waals surface area contributed by atoms with Gasteiger partial charge in [0, 0.05) is 25.8 Å². The number of nitrogens with one attached hydrogen (secondary N) is 2.